The van der Waals surface area contributed by atoms with E-state index in [1.54, 1.807) is 11.8 Å². The van der Waals surface area contributed by atoms with Gasteiger partial charge in [0.15, 0.2) is 5.16 Å². The molecule has 1 aromatic heterocycles. The molecule has 0 aliphatic heterocycles. The maximum absolute atomic E-state index is 12.7. The largest absolute Gasteiger partial charge is 0.416 e. The summed E-state index contributed by atoms with van der Waals surface area (Å²) < 4.78 is 38.1. The van der Waals surface area contributed by atoms with Gasteiger partial charge in [0.2, 0.25) is 5.91 Å². The first-order valence-corrected chi connectivity index (χ1v) is 9.98. The average molecular weight is 417 g/mol. The van der Waals surface area contributed by atoms with Crippen LogP contribution in [0.4, 0.5) is 18.9 Å². The fourth-order valence-corrected chi connectivity index (χ4v) is 3.33. The highest BCUT2D eigenvalue weighted by molar-refractivity contribution is 7.99. The molecule has 2 rings (SSSR count). The van der Waals surface area contributed by atoms with Crippen molar-refractivity contribution in [3.05, 3.63) is 51.9 Å². The lowest BCUT2D eigenvalue weighted by Crippen LogP contribution is -2.16. The van der Waals surface area contributed by atoms with E-state index in [1.165, 1.54) is 18.2 Å². The van der Waals surface area contributed by atoms with Gasteiger partial charge in [0.05, 0.1) is 17.0 Å². The lowest BCUT2D eigenvalue weighted by molar-refractivity contribution is -0.137. The van der Waals surface area contributed by atoms with E-state index in [1.807, 2.05) is 13.8 Å². The summed E-state index contributed by atoms with van der Waals surface area (Å²) >= 11 is 2.65. The Morgan fingerprint density at radius 1 is 1.30 bits per heavy atom. The molecule has 1 amide bonds. The minimum absolute atomic E-state index is 0.0546. The van der Waals surface area contributed by atoms with E-state index in [9.17, 15) is 22.8 Å². The number of nitrogens with one attached hydrogen (secondary N) is 2. The third-order valence-corrected chi connectivity index (χ3v) is 5.15. The zero-order valence-corrected chi connectivity index (χ0v) is 16.2. The first-order chi connectivity index (χ1) is 12.6. The molecule has 0 bridgehead atoms. The number of nitrogens with zero attached hydrogens (tertiary/aromatic N) is 1. The molecule has 27 heavy (non-hydrogen) atoms. The standard InChI is InChI=1S/C17H18F3N3O2S2/c1-10(2)26-8-13-7-14(24)23-16(22-13)27-9-15(25)21-12-5-3-4-11(6-12)17(18,19)20/h3-7,10H,8-9H2,1-2H3,(H,21,25)(H,22,23,24). The number of rotatable bonds is 7. The van der Waals surface area contributed by atoms with Gasteiger partial charge < -0.3 is 10.3 Å². The Bertz CT molecular complexity index is 854. The fourth-order valence-electron chi connectivity index (χ4n) is 1.98. The molecule has 1 heterocycles. The van der Waals surface area contributed by atoms with Crippen LogP contribution in [0.5, 0.6) is 0 Å². The topological polar surface area (TPSA) is 74.8 Å². The van der Waals surface area contributed by atoms with Crippen molar-refractivity contribution in [3.63, 3.8) is 0 Å². The number of alkyl halides is 3. The van der Waals surface area contributed by atoms with Crippen molar-refractivity contribution < 1.29 is 18.0 Å². The van der Waals surface area contributed by atoms with Crippen LogP contribution >= 0.6 is 23.5 Å². The number of carbonyl (C=O) groups is 1. The van der Waals surface area contributed by atoms with Crippen molar-refractivity contribution in [1.82, 2.24) is 9.97 Å². The van der Waals surface area contributed by atoms with E-state index >= 15 is 0 Å². The Balaban J connectivity index is 1.97. The summed E-state index contributed by atoms with van der Waals surface area (Å²) in [7, 11) is 0. The molecule has 2 aromatic rings. The van der Waals surface area contributed by atoms with E-state index in [2.05, 4.69) is 15.3 Å². The molecule has 0 aliphatic carbocycles. The minimum atomic E-state index is -4.48. The molecule has 146 valence electrons. The van der Waals surface area contributed by atoms with E-state index in [0.29, 0.717) is 21.9 Å². The molecule has 1 aromatic carbocycles. The van der Waals surface area contributed by atoms with Gasteiger partial charge in [-0.25, -0.2) is 4.98 Å². The summed E-state index contributed by atoms with van der Waals surface area (Å²) in [6.45, 7) is 4.07. The summed E-state index contributed by atoms with van der Waals surface area (Å²) in [5.41, 5.74) is -0.489. The number of hydrogen-bond acceptors (Lipinski definition) is 5. The van der Waals surface area contributed by atoms with Crippen molar-refractivity contribution in [3.8, 4) is 0 Å². The van der Waals surface area contributed by atoms with Crippen LogP contribution in [-0.2, 0) is 16.7 Å². The van der Waals surface area contributed by atoms with Crippen LogP contribution in [-0.4, -0.2) is 26.9 Å². The molecular formula is C17H18F3N3O2S2. The Hall–Kier alpha value is -1.94. The summed E-state index contributed by atoms with van der Waals surface area (Å²) in [5, 5.41) is 3.09. The molecule has 2 N–H and O–H groups in total. The second kappa shape index (κ2) is 9.32. The SMILES string of the molecule is CC(C)SCc1cc(=O)[nH]c(SCC(=O)Nc2cccc(C(F)(F)F)c2)n1. The number of carbonyl (C=O) groups excluding carboxylic acids is 1. The Morgan fingerprint density at radius 2 is 2.04 bits per heavy atom. The third-order valence-electron chi connectivity index (χ3n) is 3.15. The smallest absolute Gasteiger partial charge is 0.325 e. The maximum Gasteiger partial charge on any atom is 0.416 e. The molecule has 0 spiro atoms. The first-order valence-electron chi connectivity index (χ1n) is 7.95. The molecule has 10 heteroatoms. The number of aromatic amines is 1. The van der Waals surface area contributed by atoms with Crippen molar-refractivity contribution in [1.29, 1.82) is 0 Å². The first kappa shape index (κ1) is 21.4. The summed E-state index contributed by atoms with van der Waals surface area (Å²) in [6.07, 6.45) is -4.48. The average Bonchev–Trinajstić information content (AvgIpc) is 2.57. The number of anilines is 1. The van der Waals surface area contributed by atoms with Gasteiger partial charge in [0, 0.05) is 17.5 Å². The quantitative estimate of drug-likeness (QED) is 0.523. The fraction of sp³-hybridized carbons (Fsp3) is 0.353. The lowest BCUT2D eigenvalue weighted by Gasteiger charge is -2.10. The van der Waals surface area contributed by atoms with Crippen LogP contribution in [0.1, 0.15) is 25.1 Å². The van der Waals surface area contributed by atoms with Gasteiger partial charge in [0.25, 0.3) is 5.56 Å². The van der Waals surface area contributed by atoms with Crippen molar-refractivity contribution in [2.75, 3.05) is 11.1 Å². The van der Waals surface area contributed by atoms with E-state index in [0.717, 1.165) is 23.9 Å². The number of H-pyrrole nitrogens is 1. The van der Waals surface area contributed by atoms with Crippen molar-refractivity contribution in [2.45, 2.75) is 36.2 Å². The molecule has 0 unspecified atom stereocenters. The van der Waals surface area contributed by atoms with Gasteiger partial charge in [-0.1, -0.05) is 31.7 Å². The Kier molecular flexibility index (Phi) is 7.37. The van der Waals surface area contributed by atoms with Gasteiger partial charge in [0.1, 0.15) is 0 Å². The normalized spacial score (nSPS) is 11.6. The van der Waals surface area contributed by atoms with Gasteiger partial charge in [-0.05, 0) is 23.4 Å². The highest BCUT2D eigenvalue weighted by Gasteiger charge is 2.30. The number of aromatic nitrogens is 2. The van der Waals surface area contributed by atoms with Gasteiger partial charge >= 0.3 is 6.18 Å². The highest BCUT2D eigenvalue weighted by atomic mass is 32.2. The van der Waals surface area contributed by atoms with Gasteiger partial charge in [-0.15, -0.1) is 0 Å². The third kappa shape index (κ3) is 7.30. The van der Waals surface area contributed by atoms with Crippen molar-refractivity contribution >= 4 is 35.1 Å². The molecule has 0 saturated heterocycles. The molecule has 5 nitrogen and oxygen atoms in total. The zero-order valence-electron chi connectivity index (χ0n) is 14.6. The molecule has 0 saturated carbocycles. The predicted octanol–water partition coefficient (Wildman–Crippen LogP) is 4.16. The molecule has 0 aliphatic rings. The lowest BCUT2D eigenvalue weighted by atomic mass is 10.2. The van der Waals surface area contributed by atoms with Crippen LogP contribution in [0.3, 0.4) is 0 Å². The van der Waals surface area contributed by atoms with Crippen LogP contribution < -0.4 is 10.9 Å². The number of amides is 1. The van der Waals surface area contributed by atoms with E-state index in [-0.39, 0.29) is 17.0 Å². The Labute approximate surface area is 162 Å². The number of hydrogen-bond donors (Lipinski definition) is 2. The van der Waals surface area contributed by atoms with Gasteiger partial charge in [-0.2, -0.15) is 24.9 Å². The molecule has 0 atom stereocenters. The summed E-state index contributed by atoms with van der Waals surface area (Å²) in [4.78, 5) is 30.5. The molecule has 0 radical (unpaired) electrons. The van der Waals surface area contributed by atoms with Crippen LogP contribution in [0.2, 0.25) is 0 Å². The highest BCUT2D eigenvalue weighted by Crippen LogP contribution is 2.30. The van der Waals surface area contributed by atoms with Crippen LogP contribution in [0.15, 0.2) is 40.3 Å². The molecular weight excluding hydrogens is 399 g/mol. The number of halogens is 3. The van der Waals surface area contributed by atoms with Gasteiger partial charge in [-0.3, -0.25) is 9.59 Å². The van der Waals surface area contributed by atoms with Crippen LogP contribution in [0.25, 0.3) is 0 Å². The van der Waals surface area contributed by atoms with Crippen molar-refractivity contribution in [2.24, 2.45) is 0 Å². The molecule has 0 fully saturated rings. The maximum atomic E-state index is 12.7. The second-order valence-electron chi connectivity index (χ2n) is 5.82. The monoisotopic (exact) mass is 417 g/mol. The predicted molar refractivity (Wildman–Crippen MR) is 102 cm³/mol. The minimum Gasteiger partial charge on any atom is -0.325 e. The summed E-state index contributed by atoms with van der Waals surface area (Å²) in [6, 6.07) is 5.80. The van der Waals surface area contributed by atoms with Crippen LogP contribution in [0, 0.1) is 0 Å². The zero-order chi connectivity index (χ0) is 20.0. The number of thioether (sulfide) groups is 2. The summed E-state index contributed by atoms with van der Waals surface area (Å²) in [5.74, 6) is -0.0186. The van der Waals surface area contributed by atoms with E-state index in [4.69, 9.17) is 0 Å². The second-order valence-corrected chi connectivity index (χ2v) is 8.35. The number of benzene rings is 1. The van der Waals surface area contributed by atoms with E-state index < -0.39 is 17.6 Å². The Morgan fingerprint density at radius 3 is 2.70 bits per heavy atom.